The maximum Gasteiger partial charge on any atom is 0.316 e. The fourth-order valence-electron chi connectivity index (χ4n) is 1.81. The number of imidazole rings is 1. The van der Waals surface area contributed by atoms with Crippen molar-refractivity contribution in [1.82, 2.24) is 9.97 Å². The van der Waals surface area contributed by atoms with Gasteiger partial charge >= 0.3 is 5.97 Å². The van der Waals surface area contributed by atoms with Gasteiger partial charge < -0.3 is 10.1 Å². The SMILES string of the molecule is CCC(SCCc1nc2ccc(Cl)cc2[nH]1)C(=O)O. The summed E-state index contributed by atoms with van der Waals surface area (Å²) in [4.78, 5) is 18.5. The molecule has 1 atom stereocenters. The Kier molecular flexibility index (Phi) is 4.71. The van der Waals surface area contributed by atoms with Gasteiger partial charge in [-0.15, -0.1) is 11.8 Å². The van der Waals surface area contributed by atoms with Crippen molar-refractivity contribution in [3.63, 3.8) is 0 Å². The average molecular weight is 299 g/mol. The number of aromatic amines is 1. The van der Waals surface area contributed by atoms with Crippen molar-refractivity contribution in [2.45, 2.75) is 25.0 Å². The zero-order chi connectivity index (χ0) is 13.8. The molecule has 0 spiro atoms. The minimum atomic E-state index is -0.746. The molecule has 2 aromatic rings. The van der Waals surface area contributed by atoms with Gasteiger partial charge in [0.15, 0.2) is 0 Å². The van der Waals surface area contributed by atoms with Gasteiger partial charge in [0.25, 0.3) is 0 Å². The normalized spacial score (nSPS) is 12.7. The largest absolute Gasteiger partial charge is 0.480 e. The number of nitrogens with zero attached hydrogens (tertiary/aromatic N) is 1. The number of halogens is 1. The molecule has 19 heavy (non-hydrogen) atoms. The van der Waals surface area contributed by atoms with Gasteiger partial charge in [0.05, 0.1) is 11.0 Å². The summed E-state index contributed by atoms with van der Waals surface area (Å²) in [6.45, 7) is 1.88. The van der Waals surface area contributed by atoms with Crippen LogP contribution in [-0.4, -0.2) is 32.0 Å². The zero-order valence-corrected chi connectivity index (χ0v) is 12.1. The van der Waals surface area contributed by atoms with Gasteiger partial charge in [-0.25, -0.2) is 4.98 Å². The van der Waals surface area contributed by atoms with E-state index in [-0.39, 0.29) is 5.25 Å². The molecule has 2 N–H and O–H groups in total. The molecule has 1 unspecified atom stereocenters. The van der Waals surface area contributed by atoms with Crippen LogP contribution in [0.25, 0.3) is 11.0 Å². The number of carbonyl (C=O) groups is 1. The van der Waals surface area contributed by atoms with Crippen molar-refractivity contribution < 1.29 is 9.90 Å². The third-order valence-corrected chi connectivity index (χ3v) is 4.41. The summed E-state index contributed by atoms with van der Waals surface area (Å²) in [5.74, 6) is 0.854. The molecule has 1 aromatic heterocycles. The summed E-state index contributed by atoms with van der Waals surface area (Å²) in [6.07, 6.45) is 1.36. The molecule has 0 saturated heterocycles. The lowest BCUT2D eigenvalue weighted by Gasteiger charge is -2.07. The molecule has 0 aliphatic carbocycles. The van der Waals surface area contributed by atoms with Crippen LogP contribution in [0.1, 0.15) is 19.2 Å². The highest BCUT2D eigenvalue weighted by Gasteiger charge is 2.15. The molecule has 0 aliphatic rings. The molecule has 0 saturated carbocycles. The van der Waals surface area contributed by atoms with Crippen molar-refractivity contribution in [1.29, 1.82) is 0 Å². The standard InChI is InChI=1S/C13H15ClN2O2S/c1-2-11(13(17)18)19-6-5-12-15-9-4-3-8(14)7-10(9)16-12/h3-4,7,11H,2,5-6H2,1H3,(H,15,16)(H,17,18). The Morgan fingerprint density at radius 2 is 2.37 bits per heavy atom. The Hall–Kier alpha value is -1.20. The third kappa shape index (κ3) is 3.64. The molecule has 0 bridgehead atoms. The quantitative estimate of drug-likeness (QED) is 0.858. The van der Waals surface area contributed by atoms with E-state index < -0.39 is 5.97 Å². The van der Waals surface area contributed by atoms with E-state index in [4.69, 9.17) is 16.7 Å². The summed E-state index contributed by atoms with van der Waals surface area (Å²) >= 11 is 7.36. The number of aromatic nitrogens is 2. The molecule has 0 radical (unpaired) electrons. The van der Waals surface area contributed by atoms with Crippen LogP contribution in [0.5, 0.6) is 0 Å². The number of aliphatic carboxylic acids is 1. The summed E-state index contributed by atoms with van der Waals surface area (Å²) in [5.41, 5.74) is 1.80. The number of carboxylic acid groups (broad SMARTS) is 1. The molecule has 2 rings (SSSR count). The average Bonchev–Trinajstić information content (AvgIpc) is 2.75. The van der Waals surface area contributed by atoms with Crippen LogP contribution >= 0.6 is 23.4 Å². The number of thioether (sulfide) groups is 1. The second-order valence-electron chi connectivity index (χ2n) is 4.20. The highest BCUT2D eigenvalue weighted by molar-refractivity contribution is 8.00. The van der Waals surface area contributed by atoms with Crippen LogP contribution in [0.3, 0.4) is 0 Å². The van der Waals surface area contributed by atoms with Crippen LogP contribution in [-0.2, 0) is 11.2 Å². The van der Waals surface area contributed by atoms with Crippen molar-refractivity contribution in [2.75, 3.05) is 5.75 Å². The highest BCUT2D eigenvalue weighted by Crippen LogP contribution is 2.19. The monoisotopic (exact) mass is 298 g/mol. The van der Waals surface area contributed by atoms with Crippen LogP contribution in [0.4, 0.5) is 0 Å². The van der Waals surface area contributed by atoms with E-state index in [0.29, 0.717) is 11.4 Å². The van der Waals surface area contributed by atoms with Crippen molar-refractivity contribution in [3.8, 4) is 0 Å². The van der Waals surface area contributed by atoms with E-state index >= 15 is 0 Å². The van der Waals surface area contributed by atoms with E-state index in [1.807, 2.05) is 19.1 Å². The summed E-state index contributed by atoms with van der Waals surface area (Å²) in [5, 5.41) is 9.30. The van der Waals surface area contributed by atoms with E-state index in [9.17, 15) is 4.79 Å². The minimum absolute atomic E-state index is 0.334. The maximum absolute atomic E-state index is 10.9. The third-order valence-electron chi connectivity index (χ3n) is 2.80. The molecule has 1 heterocycles. The topological polar surface area (TPSA) is 66.0 Å². The predicted octanol–water partition coefficient (Wildman–Crippen LogP) is 3.36. The van der Waals surface area contributed by atoms with Gasteiger partial charge in [-0.2, -0.15) is 0 Å². The number of carboxylic acids is 1. The molecule has 0 fully saturated rings. The van der Waals surface area contributed by atoms with Crippen LogP contribution in [0.2, 0.25) is 5.02 Å². The van der Waals surface area contributed by atoms with Crippen LogP contribution < -0.4 is 0 Å². The first-order valence-corrected chi connectivity index (χ1v) is 7.51. The first-order valence-electron chi connectivity index (χ1n) is 6.08. The first-order chi connectivity index (χ1) is 9.10. The lowest BCUT2D eigenvalue weighted by atomic mass is 10.3. The Morgan fingerprint density at radius 1 is 1.58 bits per heavy atom. The fraction of sp³-hybridized carbons (Fsp3) is 0.385. The number of hydrogen-bond donors (Lipinski definition) is 2. The summed E-state index contributed by atoms with van der Waals surface area (Å²) < 4.78 is 0. The molecule has 1 aromatic carbocycles. The van der Waals surface area contributed by atoms with E-state index in [2.05, 4.69) is 9.97 Å². The predicted molar refractivity (Wildman–Crippen MR) is 79.0 cm³/mol. The van der Waals surface area contributed by atoms with Crippen molar-refractivity contribution in [2.24, 2.45) is 0 Å². The highest BCUT2D eigenvalue weighted by atomic mass is 35.5. The van der Waals surface area contributed by atoms with E-state index in [0.717, 1.165) is 29.0 Å². The van der Waals surface area contributed by atoms with E-state index in [1.54, 1.807) is 6.07 Å². The lowest BCUT2D eigenvalue weighted by Crippen LogP contribution is -2.15. The molecule has 4 nitrogen and oxygen atoms in total. The summed E-state index contributed by atoms with van der Waals surface area (Å²) in [7, 11) is 0. The molecule has 6 heteroatoms. The lowest BCUT2D eigenvalue weighted by molar-refractivity contribution is -0.136. The maximum atomic E-state index is 10.9. The number of aryl methyl sites for hydroxylation is 1. The zero-order valence-electron chi connectivity index (χ0n) is 10.5. The second kappa shape index (κ2) is 6.30. The number of benzene rings is 1. The second-order valence-corrected chi connectivity index (χ2v) is 5.95. The number of H-pyrrole nitrogens is 1. The molecule has 0 amide bonds. The summed E-state index contributed by atoms with van der Waals surface area (Å²) in [6, 6.07) is 5.52. The fourth-order valence-corrected chi connectivity index (χ4v) is 2.96. The van der Waals surface area contributed by atoms with Gasteiger partial charge in [-0.05, 0) is 24.6 Å². The Bertz CT molecular complexity index is 585. The molecular weight excluding hydrogens is 284 g/mol. The number of nitrogens with one attached hydrogen (secondary N) is 1. The molecule has 102 valence electrons. The Labute approximate surface area is 120 Å². The Balaban J connectivity index is 1.96. The van der Waals surface area contributed by atoms with Gasteiger partial charge in [0.2, 0.25) is 0 Å². The van der Waals surface area contributed by atoms with Gasteiger partial charge in [0.1, 0.15) is 11.1 Å². The minimum Gasteiger partial charge on any atom is -0.480 e. The molecular formula is C13H15ClN2O2S. The van der Waals surface area contributed by atoms with Crippen molar-refractivity contribution in [3.05, 3.63) is 29.0 Å². The smallest absolute Gasteiger partial charge is 0.316 e. The van der Waals surface area contributed by atoms with E-state index in [1.165, 1.54) is 11.8 Å². The number of hydrogen-bond acceptors (Lipinski definition) is 3. The van der Waals surface area contributed by atoms with Gasteiger partial charge in [-0.3, -0.25) is 4.79 Å². The van der Waals surface area contributed by atoms with Crippen LogP contribution in [0.15, 0.2) is 18.2 Å². The number of fused-ring (bicyclic) bond motifs is 1. The van der Waals surface area contributed by atoms with Crippen molar-refractivity contribution >= 4 is 40.4 Å². The first kappa shape index (κ1) is 14.2. The molecule has 0 aliphatic heterocycles. The van der Waals surface area contributed by atoms with Crippen LogP contribution in [0, 0.1) is 0 Å². The van der Waals surface area contributed by atoms with Gasteiger partial charge in [-0.1, -0.05) is 18.5 Å². The Morgan fingerprint density at radius 3 is 3.05 bits per heavy atom. The number of rotatable bonds is 6. The van der Waals surface area contributed by atoms with Gasteiger partial charge in [0, 0.05) is 17.2 Å².